The molecule has 152 valence electrons. The van der Waals surface area contributed by atoms with Gasteiger partial charge in [0.15, 0.2) is 5.69 Å². The van der Waals surface area contributed by atoms with Gasteiger partial charge in [-0.05, 0) is 31.2 Å². The molecule has 0 N–H and O–H groups in total. The molecule has 0 unspecified atom stereocenters. The van der Waals surface area contributed by atoms with E-state index in [1.54, 1.807) is 0 Å². The first-order chi connectivity index (χ1) is 13.6. The number of pyridine rings is 1. The first-order valence-electron chi connectivity index (χ1n) is 8.14. The molecule has 6 nitrogen and oxygen atoms in total. The van der Waals surface area contributed by atoms with Crippen LogP contribution in [-0.2, 0) is 10.9 Å². The minimum absolute atomic E-state index is 0.0322. The normalized spacial score (nSPS) is 11.5. The highest BCUT2D eigenvalue weighted by Crippen LogP contribution is 2.34. The van der Waals surface area contributed by atoms with Crippen molar-refractivity contribution in [2.24, 2.45) is 0 Å². The predicted molar refractivity (Wildman–Crippen MR) is 100 cm³/mol. The molecule has 0 spiro atoms. The van der Waals surface area contributed by atoms with Gasteiger partial charge in [-0.3, -0.25) is 9.36 Å². The quantitative estimate of drug-likeness (QED) is 0.553. The van der Waals surface area contributed by atoms with Gasteiger partial charge >= 0.3 is 12.1 Å². The van der Waals surface area contributed by atoms with Gasteiger partial charge in [0.05, 0.1) is 28.5 Å². The summed E-state index contributed by atoms with van der Waals surface area (Å²) in [4.78, 5) is 23.9. The average molecular weight is 446 g/mol. The van der Waals surface area contributed by atoms with E-state index in [0.29, 0.717) is 10.4 Å². The number of nitrogens with zero attached hydrogens (tertiary/aromatic N) is 3. The number of carbonyl (C=O) groups is 1. The number of alkyl halides is 3. The van der Waals surface area contributed by atoms with Crippen molar-refractivity contribution in [2.45, 2.75) is 13.1 Å². The van der Waals surface area contributed by atoms with Crippen LogP contribution in [0.15, 0.2) is 47.5 Å². The van der Waals surface area contributed by atoms with Crippen LogP contribution >= 0.6 is 23.2 Å². The molecule has 0 aliphatic carbocycles. The first-order valence-corrected chi connectivity index (χ1v) is 8.90. The summed E-state index contributed by atoms with van der Waals surface area (Å²) in [6.45, 7) is 1.41. The van der Waals surface area contributed by atoms with Crippen LogP contribution < -0.4 is 5.56 Å². The van der Waals surface area contributed by atoms with Crippen molar-refractivity contribution < 1.29 is 22.7 Å². The van der Waals surface area contributed by atoms with Crippen LogP contribution in [0, 0.1) is 0 Å². The Labute approximate surface area is 172 Å². The van der Waals surface area contributed by atoms with Crippen molar-refractivity contribution in [2.75, 3.05) is 6.61 Å². The van der Waals surface area contributed by atoms with Gasteiger partial charge in [0.25, 0.3) is 5.56 Å². The fraction of sp³-hybridized carbons (Fsp3) is 0.167. The van der Waals surface area contributed by atoms with E-state index < -0.39 is 29.0 Å². The Morgan fingerprint density at radius 2 is 1.76 bits per heavy atom. The lowest BCUT2D eigenvalue weighted by molar-refractivity contribution is -0.143. The highest BCUT2D eigenvalue weighted by molar-refractivity contribution is 6.41. The summed E-state index contributed by atoms with van der Waals surface area (Å²) in [6, 6.07) is 6.58. The monoisotopic (exact) mass is 445 g/mol. The number of hydrogen-bond donors (Lipinski definition) is 0. The Morgan fingerprint density at radius 1 is 1.14 bits per heavy atom. The maximum Gasteiger partial charge on any atom is 0.434 e. The van der Waals surface area contributed by atoms with E-state index in [1.165, 1.54) is 42.0 Å². The van der Waals surface area contributed by atoms with Gasteiger partial charge in [-0.2, -0.15) is 18.3 Å². The molecule has 3 aromatic rings. The molecule has 0 atom stereocenters. The second kappa shape index (κ2) is 7.92. The predicted octanol–water partition coefficient (Wildman–Crippen LogP) is 4.53. The van der Waals surface area contributed by atoms with Gasteiger partial charge in [-0.1, -0.05) is 23.2 Å². The van der Waals surface area contributed by atoms with E-state index in [1.807, 2.05) is 0 Å². The average Bonchev–Trinajstić information content (AvgIpc) is 3.11. The van der Waals surface area contributed by atoms with Crippen molar-refractivity contribution >= 4 is 29.2 Å². The summed E-state index contributed by atoms with van der Waals surface area (Å²) in [5, 5.41) is 3.92. The van der Waals surface area contributed by atoms with Crippen LogP contribution in [0.4, 0.5) is 13.2 Å². The number of hydrogen-bond acceptors (Lipinski definition) is 4. The molecule has 2 aromatic heterocycles. The Kier molecular flexibility index (Phi) is 5.72. The molecular weight excluding hydrogens is 434 g/mol. The first kappa shape index (κ1) is 20.9. The lowest BCUT2D eigenvalue weighted by Gasteiger charge is -2.13. The summed E-state index contributed by atoms with van der Waals surface area (Å²) >= 11 is 11.7. The molecule has 0 bridgehead atoms. The minimum Gasteiger partial charge on any atom is -0.462 e. The number of esters is 1. The molecule has 2 heterocycles. The molecular formula is C18H12Cl2F3N3O3. The largest absolute Gasteiger partial charge is 0.462 e. The Balaban J connectivity index is 2.06. The highest BCUT2D eigenvalue weighted by atomic mass is 35.5. The zero-order chi connectivity index (χ0) is 21.3. The summed E-state index contributed by atoms with van der Waals surface area (Å²) in [5.74, 6) is -1.12. The third-order valence-electron chi connectivity index (χ3n) is 3.86. The Hall–Kier alpha value is -2.78. The molecule has 0 saturated carbocycles. The SMILES string of the molecule is CCOC(=O)c1cnn(-c2ccc(-n3cc(Cl)c(Cl)cc3=O)cc2)c1C(F)(F)F. The molecule has 11 heteroatoms. The van der Waals surface area contributed by atoms with Crippen LogP contribution in [0.2, 0.25) is 10.0 Å². The van der Waals surface area contributed by atoms with Crippen LogP contribution in [0.25, 0.3) is 11.4 Å². The number of aromatic nitrogens is 3. The molecule has 29 heavy (non-hydrogen) atoms. The van der Waals surface area contributed by atoms with Crippen molar-refractivity contribution in [1.29, 1.82) is 0 Å². The fourth-order valence-electron chi connectivity index (χ4n) is 2.62. The molecule has 0 aliphatic heterocycles. The number of ether oxygens (including phenoxy) is 1. The zero-order valence-electron chi connectivity index (χ0n) is 14.7. The number of carbonyl (C=O) groups excluding carboxylic acids is 1. The van der Waals surface area contributed by atoms with Gasteiger partial charge < -0.3 is 4.74 Å². The fourth-order valence-corrected chi connectivity index (χ4v) is 2.91. The van der Waals surface area contributed by atoms with Gasteiger partial charge in [0, 0.05) is 18.0 Å². The minimum atomic E-state index is -4.85. The van der Waals surface area contributed by atoms with Gasteiger partial charge in [0.2, 0.25) is 0 Å². The summed E-state index contributed by atoms with van der Waals surface area (Å²) in [5.41, 5.74) is -2.03. The molecule has 1 aromatic carbocycles. The van der Waals surface area contributed by atoms with Gasteiger partial charge in [-0.15, -0.1) is 0 Å². The van der Waals surface area contributed by atoms with Crippen molar-refractivity contribution in [3.05, 3.63) is 74.4 Å². The van der Waals surface area contributed by atoms with Crippen molar-refractivity contribution in [1.82, 2.24) is 14.3 Å². The topological polar surface area (TPSA) is 66.1 Å². The van der Waals surface area contributed by atoms with E-state index in [0.717, 1.165) is 12.3 Å². The second-order valence-electron chi connectivity index (χ2n) is 5.73. The van der Waals surface area contributed by atoms with E-state index in [-0.39, 0.29) is 22.3 Å². The number of halogens is 5. The molecule has 0 aliphatic rings. The summed E-state index contributed by atoms with van der Waals surface area (Å²) < 4.78 is 47.2. The van der Waals surface area contributed by atoms with Gasteiger partial charge in [-0.25, -0.2) is 9.48 Å². The third kappa shape index (κ3) is 4.15. The summed E-state index contributed by atoms with van der Waals surface area (Å²) in [7, 11) is 0. The van der Waals surface area contributed by atoms with E-state index in [9.17, 15) is 22.8 Å². The van der Waals surface area contributed by atoms with Crippen LogP contribution in [0.1, 0.15) is 23.0 Å². The maximum absolute atomic E-state index is 13.6. The molecule has 3 rings (SSSR count). The summed E-state index contributed by atoms with van der Waals surface area (Å²) in [6.07, 6.45) is -2.74. The maximum atomic E-state index is 13.6. The molecule has 0 saturated heterocycles. The van der Waals surface area contributed by atoms with E-state index in [4.69, 9.17) is 23.2 Å². The Morgan fingerprint density at radius 3 is 2.34 bits per heavy atom. The lowest BCUT2D eigenvalue weighted by Crippen LogP contribution is -2.19. The van der Waals surface area contributed by atoms with Crippen molar-refractivity contribution in [3.63, 3.8) is 0 Å². The van der Waals surface area contributed by atoms with Crippen LogP contribution in [0.5, 0.6) is 0 Å². The van der Waals surface area contributed by atoms with Crippen molar-refractivity contribution in [3.8, 4) is 11.4 Å². The molecule has 0 radical (unpaired) electrons. The number of rotatable bonds is 4. The van der Waals surface area contributed by atoms with Crippen LogP contribution in [0.3, 0.4) is 0 Å². The van der Waals surface area contributed by atoms with Crippen LogP contribution in [-0.4, -0.2) is 26.9 Å². The molecule has 0 amide bonds. The third-order valence-corrected chi connectivity index (χ3v) is 4.57. The van der Waals surface area contributed by atoms with E-state index >= 15 is 0 Å². The zero-order valence-corrected chi connectivity index (χ0v) is 16.2. The standard InChI is InChI=1S/C18H12Cl2F3N3O3/c1-2-29-17(28)12-8-24-26(16(12)18(21,22)23)11-5-3-10(4-6-11)25-9-14(20)13(19)7-15(25)27/h3-9H,2H2,1H3. The number of benzene rings is 1. The lowest BCUT2D eigenvalue weighted by atomic mass is 10.2. The van der Waals surface area contributed by atoms with Gasteiger partial charge in [0.1, 0.15) is 5.56 Å². The second-order valence-corrected chi connectivity index (χ2v) is 6.55. The smallest absolute Gasteiger partial charge is 0.434 e. The Bertz CT molecular complexity index is 1120. The molecule has 0 fully saturated rings. The highest BCUT2D eigenvalue weighted by Gasteiger charge is 2.41. The van der Waals surface area contributed by atoms with E-state index in [2.05, 4.69) is 9.84 Å².